The van der Waals surface area contributed by atoms with Gasteiger partial charge in [0.1, 0.15) is 0 Å². The fourth-order valence-corrected chi connectivity index (χ4v) is 5.56. The Labute approximate surface area is 159 Å². The molecule has 0 bridgehead atoms. The van der Waals surface area contributed by atoms with Gasteiger partial charge in [-0.2, -0.15) is 4.31 Å². The smallest absolute Gasteiger partial charge is 0.233 e. The third-order valence-electron chi connectivity index (χ3n) is 5.31. The third kappa shape index (κ3) is 3.71. The summed E-state index contributed by atoms with van der Waals surface area (Å²) < 4.78 is 33.4. The van der Waals surface area contributed by atoms with Crippen molar-refractivity contribution < 1.29 is 12.8 Å². The molecule has 0 amide bonds. The number of nitrogens with zero attached hydrogens (tertiary/aromatic N) is 4. The van der Waals surface area contributed by atoms with Gasteiger partial charge in [0.25, 0.3) is 0 Å². The Morgan fingerprint density at radius 2 is 1.89 bits per heavy atom. The van der Waals surface area contributed by atoms with Crippen LogP contribution in [0, 0.1) is 0 Å². The molecule has 9 heteroatoms. The molecule has 1 N–H and O–H groups in total. The normalized spacial score (nSPS) is 24.4. The Hall–Kier alpha value is -1.97. The molecule has 1 aromatic heterocycles. The van der Waals surface area contributed by atoms with Crippen LogP contribution in [0.3, 0.4) is 0 Å². The van der Waals surface area contributed by atoms with Crippen LogP contribution < -0.4 is 10.2 Å². The van der Waals surface area contributed by atoms with E-state index < -0.39 is 15.3 Å². The van der Waals surface area contributed by atoms with Crippen molar-refractivity contribution in [2.24, 2.45) is 0 Å². The Morgan fingerprint density at radius 1 is 1.15 bits per heavy atom. The summed E-state index contributed by atoms with van der Waals surface area (Å²) in [6.07, 6.45) is 1.14. The van der Waals surface area contributed by atoms with Gasteiger partial charge in [0.2, 0.25) is 21.8 Å². The molecule has 0 aliphatic carbocycles. The highest BCUT2D eigenvalue weighted by Crippen LogP contribution is 2.29. The molecule has 2 aliphatic rings. The Balaban J connectivity index is 1.38. The van der Waals surface area contributed by atoms with Crippen LogP contribution in [0.4, 0.5) is 5.69 Å². The first kappa shape index (κ1) is 18.4. The van der Waals surface area contributed by atoms with Gasteiger partial charge in [-0.1, -0.05) is 25.1 Å². The van der Waals surface area contributed by atoms with E-state index in [0.29, 0.717) is 57.3 Å². The number of anilines is 1. The molecule has 2 saturated heterocycles. The molecule has 4 rings (SSSR count). The van der Waals surface area contributed by atoms with E-state index in [4.69, 9.17) is 4.42 Å². The van der Waals surface area contributed by atoms with Crippen LogP contribution in [0.5, 0.6) is 0 Å². The second kappa shape index (κ2) is 7.57. The van der Waals surface area contributed by atoms with Crippen molar-refractivity contribution in [2.45, 2.75) is 31.1 Å². The second-order valence-corrected chi connectivity index (χ2v) is 9.19. The number of hydrogen-bond acceptors (Lipinski definition) is 7. The molecule has 2 aliphatic heterocycles. The minimum atomic E-state index is -3.35. The number of sulfonamides is 1. The van der Waals surface area contributed by atoms with E-state index >= 15 is 0 Å². The molecule has 3 heterocycles. The van der Waals surface area contributed by atoms with E-state index in [2.05, 4.69) is 32.5 Å². The van der Waals surface area contributed by atoms with Gasteiger partial charge >= 0.3 is 0 Å². The van der Waals surface area contributed by atoms with Crippen molar-refractivity contribution in [1.29, 1.82) is 0 Å². The fourth-order valence-electron chi connectivity index (χ4n) is 3.72. The standard InChI is InChI=1S/C18H25N5O3S/c1-2-17-20-21-18(26-17)16-12-15(13-19-16)27(24,25)23-10-8-22(9-11-23)14-6-4-3-5-7-14/h3-7,15-16,19H,2,8-13H2,1H3. The van der Waals surface area contributed by atoms with Crippen molar-refractivity contribution in [2.75, 3.05) is 37.6 Å². The summed E-state index contributed by atoms with van der Waals surface area (Å²) in [6, 6.07) is 9.92. The summed E-state index contributed by atoms with van der Waals surface area (Å²) >= 11 is 0. The van der Waals surface area contributed by atoms with Gasteiger partial charge in [0, 0.05) is 44.8 Å². The Morgan fingerprint density at radius 3 is 2.56 bits per heavy atom. The molecule has 2 fully saturated rings. The first-order chi connectivity index (χ1) is 13.1. The predicted molar refractivity (Wildman–Crippen MR) is 102 cm³/mol. The lowest BCUT2D eigenvalue weighted by Gasteiger charge is -2.36. The van der Waals surface area contributed by atoms with Gasteiger partial charge in [-0.05, 0) is 18.6 Å². The van der Waals surface area contributed by atoms with Gasteiger partial charge < -0.3 is 14.6 Å². The molecular weight excluding hydrogens is 366 g/mol. The van der Waals surface area contributed by atoms with Crippen LogP contribution >= 0.6 is 0 Å². The number of aromatic nitrogens is 2. The van der Waals surface area contributed by atoms with E-state index in [9.17, 15) is 8.42 Å². The number of benzene rings is 1. The van der Waals surface area contributed by atoms with Gasteiger partial charge in [-0.3, -0.25) is 0 Å². The number of aryl methyl sites for hydroxylation is 1. The quantitative estimate of drug-likeness (QED) is 0.818. The minimum Gasteiger partial charge on any atom is -0.424 e. The summed E-state index contributed by atoms with van der Waals surface area (Å²) in [5.41, 5.74) is 1.14. The summed E-state index contributed by atoms with van der Waals surface area (Å²) in [7, 11) is -3.35. The first-order valence-corrected chi connectivity index (χ1v) is 10.9. The third-order valence-corrected chi connectivity index (χ3v) is 7.60. The van der Waals surface area contributed by atoms with Crippen LogP contribution in [-0.2, 0) is 16.4 Å². The van der Waals surface area contributed by atoms with Crippen LogP contribution in [0.25, 0.3) is 0 Å². The molecular formula is C18H25N5O3S. The average molecular weight is 391 g/mol. The van der Waals surface area contributed by atoms with Gasteiger partial charge in [-0.15, -0.1) is 10.2 Å². The second-order valence-electron chi connectivity index (χ2n) is 6.97. The SMILES string of the molecule is CCc1nnc(C2CC(S(=O)(=O)N3CCN(c4ccccc4)CC3)CN2)o1. The van der Waals surface area contributed by atoms with Gasteiger partial charge in [-0.25, -0.2) is 8.42 Å². The van der Waals surface area contributed by atoms with Crippen molar-refractivity contribution >= 4 is 15.7 Å². The molecule has 0 saturated carbocycles. The minimum absolute atomic E-state index is 0.191. The molecule has 2 aromatic rings. The maximum absolute atomic E-state index is 13.1. The highest BCUT2D eigenvalue weighted by molar-refractivity contribution is 7.89. The predicted octanol–water partition coefficient (Wildman–Crippen LogP) is 1.19. The van der Waals surface area contributed by atoms with Crippen LogP contribution in [0.1, 0.15) is 31.2 Å². The zero-order valence-electron chi connectivity index (χ0n) is 15.4. The van der Waals surface area contributed by atoms with Gasteiger partial charge in [0.15, 0.2) is 0 Å². The molecule has 0 radical (unpaired) electrons. The van der Waals surface area contributed by atoms with Gasteiger partial charge in [0.05, 0.1) is 11.3 Å². The molecule has 8 nitrogen and oxygen atoms in total. The van der Waals surface area contributed by atoms with Crippen molar-refractivity contribution in [3.8, 4) is 0 Å². The lowest BCUT2D eigenvalue weighted by Crippen LogP contribution is -2.51. The Kier molecular flexibility index (Phi) is 5.16. The summed E-state index contributed by atoms with van der Waals surface area (Å²) in [4.78, 5) is 2.23. The van der Waals surface area contributed by atoms with E-state index in [1.165, 1.54) is 0 Å². The van der Waals surface area contributed by atoms with Crippen molar-refractivity contribution in [3.05, 3.63) is 42.1 Å². The largest absolute Gasteiger partial charge is 0.424 e. The number of para-hydroxylation sites is 1. The average Bonchev–Trinajstić information content (AvgIpc) is 3.38. The zero-order chi connectivity index (χ0) is 18.9. The summed E-state index contributed by atoms with van der Waals surface area (Å²) in [5.74, 6) is 1.06. The number of piperazine rings is 1. The Bertz CT molecular complexity index is 862. The summed E-state index contributed by atoms with van der Waals surface area (Å²) in [6.45, 7) is 4.79. The molecule has 1 aromatic carbocycles. The molecule has 2 atom stereocenters. The zero-order valence-corrected chi connectivity index (χ0v) is 16.2. The monoisotopic (exact) mass is 391 g/mol. The highest BCUT2D eigenvalue weighted by atomic mass is 32.2. The first-order valence-electron chi connectivity index (χ1n) is 9.42. The maximum Gasteiger partial charge on any atom is 0.233 e. The summed E-state index contributed by atoms with van der Waals surface area (Å²) in [5, 5.41) is 10.8. The van der Waals surface area contributed by atoms with E-state index in [1.807, 2.05) is 25.1 Å². The topological polar surface area (TPSA) is 91.6 Å². The van der Waals surface area contributed by atoms with Crippen molar-refractivity contribution in [3.63, 3.8) is 0 Å². The number of rotatable bonds is 5. The fraction of sp³-hybridized carbons (Fsp3) is 0.556. The molecule has 2 unspecified atom stereocenters. The van der Waals surface area contributed by atoms with E-state index in [0.717, 1.165) is 5.69 Å². The number of nitrogens with one attached hydrogen (secondary N) is 1. The van der Waals surface area contributed by atoms with Crippen LogP contribution in [0.2, 0.25) is 0 Å². The van der Waals surface area contributed by atoms with Crippen LogP contribution in [0.15, 0.2) is 34.7 Å². The van der Waals surface area contributed by atoms with Crippen LogP contribution in [-0.4, -0.2) is 60.9 Å². The molecule has 0 spiro atoms. The lowest BCUT2D eigenvalue weighted by molar-refractivity contribution is 0.378. The van der Waals surface area contributed by atoms with Crippen molar-refractivity contribution in [1.82, 2.24) is 19.8 Å². The van der Waals surface area contributed by atoms with E-state index in [-0.39, 0.29) is 6.04 Å². The van der Waals surface area contributed by atoms with E-state index in [1.54, 1.807) is 4.31 Å². The highest BCUT2D eigenvalue weighted by Gasteiger charge is 2.40. The lowest BCUT2D eigenvalue weighted by atomic mass is 10.2. The molecule has 27 heavy (non-hydrogen) atoms. The molecule has 146 valence electrons. The maximum atomic E-state index is 13.1. The number of hydrogen-bond donors (Lipinski definition) is 1.